The molecule has 2 rings (SSSR count). The third kappa shape index (κ3) is 5.89. The lowest BCUT2D eigenvalue weighted by atomic mass is 10.2. The molecule has 0 bridgehead atoms. The summed E-state index contributed by atoms with van der Waals surface area (Å²) >= 11 is 5.56. The lowest BCUT2D eigenvalue weighted by molar-refractivity contribution is 0.0527. The van der Waals surface area contributed by atoms with Crippen molar-refractivity contribution in [1.82, 2.24) is 10.3 Å². The Bertz CT molecular complexity index is 397. The predicted molar refractivity (Wildman–Crippen MR) is 76.3 cm³/mol. The van der Waals surface area contributed by atoms with Crippen molar-refractivity contribution >= 4 is 23.3 Å². The average molecular weight is 286 g/mol. The van der Waals surface area contributed by atoms with E-state index in [1.54, 1.807) is 6.92 Å². The molecule has 1 aromatic heterocycles. The van der Waals surface area contributed by atoms with Crippen LogP contribution in [0, 0.1) is 0 Å². The van der Waals surface area contributed by atoms with Crippen molar-refractivity contribution in [3.8, 4) is 0 Å². The quantitative estimate of drug-likeness (QED) is 0.644. The number of halogens is 1. The summed E-state index contributed by atoms with van der Waals surface area (Å²) in [4.78, 5) is 14.9. The summed E-state index contributed by atoms with van der Waals surface area (Å²) in [5.74, 6) is -0.482. The molecule has 2 heterocycles. The van der Waals surface area contributed by atoms with Gasteiger partial charge < -0.3 is 15.8 Å². The molecule has 0 spiro atoms. The molecule has 0 unspecified atom stereocenters. The van der Waals surface area contributed by atoms with E-state index in [0.29, 0.717) is 6.61 Å². The number of carbonyl (C=O) groups excluding carboxylic acids is 1. The first kappa shape index (κ1) is 15.7. The van der Waals surface area contributed by atoms with Crippen molar-refractivity contribution in [3.63, 3.8) is 0 Å². The van der Waals surface area contributed by atoms with Gasteiger partial charge in [-0.2, -0.15) is 0 Å². The Morgan fingerprint density at radius 2 is 2.16 bits per heavy atom. The molecule has 19 heavy (non-hydrogen) atoms. The van der Waals surface area contributed by atoms with Crippen LogP contribution >= 0.6 is 11.6 Å². The van der Waals surface area contributed by atoms with Gasteiger partial charge in [-0.25, -0.2) is 9.78 Å². The second-order valence-corrected chi connectivity index (χ2v) is 4.51. The van der Waals surface area contributed by atoms with Crippen LogP contribution in [0.15, 0.2) is 12.3 Å². The van der Waals surface area contributed by atoms with Crippen molar-refractivity contribution in [2.24, 2.45) is 0 Å². The van der Waals surface area contributed by atoms with Crippen molar-refractivity contribution in [1.29, 1.82) is 0 Å². The van der Waals surface area contributed by atoms with Crippen LogP contribution in [0.5, 0.6) is 0 Å². The fourth-order valence-corrected chi connectivity index (χ4v) is 1.79. The minimum Gasteiger partial charge on any atom is -0.462 e. The number of hydrogen-bond donors (Lipinski definition) is 2. The van der Waals surface area contributed by atoms with Crippen LogP contribution in [0.4, 0.5) is 5.69 Å². The molecule has 0 radical (unpaired) electrons. The first-order valence-electron chi connectivity index (χ1n) is 6.44. The second-order valence-electron chi connectivity index (χ2n) is 4.13. The predicted octanol–water partition coefficient (Wildman–Crippen LogP) is 2.25. The summed E-state index contributed by atoms with van der Waals surface area (Å²) in [5.41, 5.74) is 6.05. The number of nitrogen functional groups attached to an aromatic ring is 1. The van der Waals surface area contributed by atoms with E-state index < -0.39 is 5.97 Å². The van der Waals surface area contributed by atoms with E-state index in [0.717, 1.165) is 0 Å². The summed E-state index contributed by atoms with van der Waals surface area (Å²) in [7, 11) is 0. The smallest absolute Gasteiger partial charge is 0.341 e. The Morgan fingerprint density at radius 3 is 2.58 bits per heavy atom. The molecule has 5 nitrogen and oxygen atoms in total. The Balaban J connectivity index is 0.000000250. The molecular formula is C13H20ClN3O2. The number of esters is 1. The summed E-state index contributed by atoms with van der Waals surface area (Å²) in [5, 5.41) is 3.54. The normalized spacial score (nSPS) is 14.2. The molecule has 1 aliphatic rings. The van der Waals surface area contributed by atoms with Gasteiger partial charge in [-0.1, -0.05) is 18.0 Å². The first-order chi connectivity index (χ1) is 9.15. The van der Waals surface area contributed by atoms with Crippen LogP contribution in [0.1, 0.15) is 36.5 Å². The third-order valence-electron chi connectivity index (χ3n) is 2.61. The highest BCUT2D eigenvalue weighted by Crippen LogP contribution is 2.15. The number of nitrogens with one attached hydrogen (secondary N) is 1. The van der Waals surface area contributed by atoms with Gasteiger partial charge in [-0.15, -0.1) is 0 Å². The lowest BCUT2D eigenvalue weighted by Crippen LogP contribution is -2.21. The van der Waals surface area contributed by atoms with Crippen LogP contribution < -0.4 is 11.1 Å². The fourth-order valence-electron chi connectivity index (χ4n) is 1.63. The maximum atomic E-state index is 11.2. The van der Waals surface area contributed by atoms with Crippen LogP contribution in [-0.2, 0) is 4.74 Å². The zero-order chi connectivity index (χ0) is 14.1. The van der Waals surface area contributed by atoms with Gasteiger partial charge in [-0.3, -0.25) is 0 Å². The van der Waals surface area contributed by atoms with Gasteiger partial charge in [0.1, 0.15) is 10.7 Å². The number of anilines is 1. The lowest BCUT2D eigenvalue weighted by Gasteiger charge is -2.08. The second kappa shape index (κ2) is 8.72. The highest BCUT2D eigenvalue weighted by Gasteiger charge is 2.10. The first-order valence-corrected chi connectivity index (χ1v) is 6.81. The molecule has 0 saturated carbocycles. The summed E-state index contributed by atoms with van der Waals surface area (Å²) in [6, 6.07) is 1.41. The number of carbonyl (C=O) groups is 1. The van der Waals surface area contributed by atoms with Gasteiger partial charge in [0.05, 0.1) is 12.3 Å². The van der Waals surface area contributed by atoms with Crippen LogP contribution in [-0.4, -0.2) is 30.6 Å². The number of piperidine rings is 1. The Hall–Kier alpha value is -1.33. The molecule has 1 saturated heterocycles. The number of nitrogens with zero attached hydrogens (tertiary/aromatic N) is 1. The number of hydrogen-bond acceptors (Lipinski definition) is 5. The van der Waals surface area contributed by atoms with E-state index in [2.05, 4.69) is 10.3 Å². The number of ether oxygens (including phenoxy) is 1. The molecule has 0 aromatic carbocycles. The van der Waals surface area contributed by atoms with Gasteiger partial charge >= 0.3 is 5.97 Å². The summed E-state index contributed by atoms with van der Waals surface area (Å²) < 4.78 is 4.75. The van der Waals surface area contributed by atoms with Crippen molar-refractivity contribution in [2.75, 3.05) is 25.4 Å². The molecule has 0 atom stereocenters. The Kier molecular flexibility index (Phi) is 7.22. The highest BCUT2D eigenvalue weighted by molar-refractivity contribution is 6.29. The molecule has 3 N–H and O–H groups in total. The average Bonchev–Trinajstić information content (AvgIpc) is 2.41. The van der Waals surface area contributed by atoms with Gasteiger partial charge in [0.25, 0.3) is 0 Å². The van der Waals surface area contributed by atoms with E-state index in [1.165, 1.54) is 44.6 Å². The number of pyridine rings is 1. The summed E-state index contributed by atoms with van der Waals surface area (Å²) in [6.45, 7) is 4.53. The van der Waals surface area contributed by atoms with E-state index in [9.17, 15) is 4.79 Å². The minimum absolute atomic E-state index is 0.242. The fraction of sp³-hybridized carbons (Fsp3) is 0.538. The standard InChI is InChI=1S/C8H9ClN2O2.C5H11N/c1-2-13-8(12)5-4-11-7(9)3-6(5)10;1-2-4-6-5-3-1/h3-4H,2H2,1H3,(H2,10,11);6H,1-5H2. The highest BCUT2D eigenvalue weighted by atomic mass is 35.5. The zero-order valence-electron chi connectivity index (χ0n) is 11.1. The molecule has 1 aromatic rings. The molecular weight excluding hydrogens is 266 g/mol. The summed E-state index contributed by atoms with van der Waals surface area (Å²) in [6.07, 6.45) is 5.52. The number of nitrogens with two attached hydrogens (primary N) is 1. The molecule has 106 valence electrons. The van der Waals surface area contributed by atoms with E-state index in [1.807, 2.05) is 0 Å². The molecule has 0 aliphatic carbocycles. The van der Waals surface area contributed by atoms with Gasteiger partial charge in [0.2, 0.25) is 0 Å². The maximum Gasteiger partial charge on any atom is 0.341 e. The molecule has 1 fully saturated rings. The third-order valence-corrected chi connectivity index (χ3v) is 2.81. The van der Waals surface area contributed by atoms with Crippen LogP contribution in [0.3, 0.4) is 0 Å². The van der Waals surface area contributed by atoms with Crippen LogP contribution in [0.2, 0.25) is 5.15 Å². The molecule has 1 aliphatic heterocycles. The van der Waals surface area contributed by atoms with Gasteiger partial charge in [-0.05, 0) is 38.9 Å². The van der Waals surface area contributed by atoms with Crippen molar-refractivity contribution < 1.29 is 9.53 Å². The molecule has 6 heteroatoms. The van der Waals surface area contributed by atoms with Gasteiger partial charge in [0.15, 0.2) is 0 Å². The SMILES string of the molecule is C1CCNCC1.CCOC(=O)c1cnc(Cl)cc1N. The van der Waals surface area contributed by atoms with E-state index in [-0.39, 0.29) is 16.4 Å². The minimum atomic E-state index is -0.482. The Labute approximate surface area is 118 Å². The van der Waals surface area contributed by atoms with Gasteiger partial charge in [0, 0.05) is 6.20 Å². The molecule has 0 amide bonds. The van der Waals surface area contributed by atoms with Crippen molar-refractivity contribution in [2.45, 2.75) is 26.2 Å². The van der Waals surface area contributed by atoms with E-state index >= 15 is 0 Å². The maximum absolute atomic E-state index is 11.2. The van der Waals surface area contributed by atoms with E-state index in [4.69, 9.17) is 22.1 Å². The van der Waals surface area contributed by atoms with Crippen molar-refractivity contribution in [3.05, 3.63) is 23.0 Å². The van der Waals surface area contributed by atoms with Crippen LogP contribution in [0.25, 0.3) is 0 Å². The topological polar surface area (TPSA) is 77.2 Å². The number of aromatic nitrogens is 1. The monoisotopic (exact) mass is 285 g/mol. The number of rotatable bonds is 2. The Morgan fingerprint density at radius 1 is 1.47 bits per heavy atom. The zero-order valence-corrected chi connectivity index (χ0v) is 11.9. The largest absolute Gasteiger partial charge is 0.462 e.